The second-order valence-electron chi connectivity index (χ2n) is 3.98. The monoisotopic (exact) mass is 242 g/mol. The third-order valence-electron chi connectivity index (χ3n) is 2.86. The van der Waals surface area contributed by atoms with Crippen molar-refractivity contribution in [3.63, 3.8) is 0 Å². The van der Waals surface area contributed by atoms with E-state index in [1.165, 1.54) is 24.4 Å². The van der Waals surface area contributed by atoms with Gasteiger partial charge in [0.2, 0.25) is 0 Å². The molecule has 1 fully saturated rings. The molecule has 0 saturated carbocycles. The SMILES string of the molecule is CC1CN(C(CN)c2ccsc2)CCS1. The fourth-order valence-electron chi connectivity index (χ4n) is 2.09. The summed E-state index contributed by atoms with van der Waals surface area (Å²) in [5, 5.41) is 5.11. The van der Waals surface area contributed by atoms with Crippen LogP contribution in [0.4, 0.5) is 0 Å². The Hall–Kier alpha value is -0.0300. The number of nitrogens with zero attached hydrogens (tertiary/aromatic N) is 1. The molecule has 2 nitrogen and oxygen atoms in total. The summed E-state index contributed by atoms with van der Waals surface area (Å²) >= 11 is 3.83. The van der Waals surface area contributed by atoms with E-state index >= 15 is 0 Å². The summed E-state index contributed by atoms with van der Waals surface area (Å²) in [6, 6.07) is 2.63. The van der Waals surface area contributed by atoms with Gasteiger partial charge in [0, 0.05) is 36.7 Å². The van der Waals surface area contributed by atoms with Crippen LogP contribution in [0, 0.1) is 0 Å². The molecule has 84 valence electrons. The quantitative estimate of drug-likeness (QED) is 0.881. The zero-order valence-electron chi connectivity index (χ0n) is 9.06. The van der Waals surface area contributed by atoms with Gasteiger partial charge in [0.05, 0.1) is 0 Å². The summed E-state index contributed by atoms with van der Waals surface area (Å²) < 4.78 is 0. The van der Waals surface area contributed by atoms with Crippen molar-refractivity contribution >= 4 is 23.1 Å². The van der Waals surface area contributed by atoms with Crippen molar-refractivity contribution in [2.45, 2.75) is 18.2 Å². The minimum atomic E-state index is 0.430. The largest absolute Gasteiger partial charge is 0.329 e. The highest BCUT2D eigenvalue weighted by Crippen LogP contribution is 2.27. The lowest BCUT2D eigenvalue weighted by Crippen LogP contribution is -2.41. The maximum atomic E-state index is 5.90. The van der Waals surface area contributed by atoms with Crippen molar-refractivity contribution in [2.24, 2.45) is 5.73 Å². The van der Waals surface area contributed by atoms with Crippen molar-refractivity contribution < 1.29 is 0 Å². The van der Waals surface area contributed by atoms with Gasteiger partial charge in [0.1, 0.15) is 0 Å². The van der Waals surface area contributed by atoms with Gasteiger partial charge in [0.25, 0.3) is 0 Å². The van der Waals surface area contributed by atoms with Crippen molar-refractivity contribution in [2.75, 3.05) is 25.4 Å². The van der Waals surface area contributed by atoms with Crippen LogP contribution in [0.2, 0.25) is 0 Å². The molecule has 4 heteroatoms. The van der Waals surface area contributed by atoms with Crippen molar-refractivity contribution in [1.82, 2.24) is 4.90 Å². The maximum absolute atomic E-state index is 5.90. The van der Waals surface area contributed by atoms with Crippen molar-refractivity contribution in [3.8, 4) is 0 Å². The first-order chi connectivity index (χ1) is 7.31. The summed E-state index contributed by atoms with van der Waals surface area (Å²) in [5.74, 6) is 1.24. The Morgan fingerprint density at radius 2 is 2.53 bits per heavy atom. The molecule has 2 heterocycles. The van der Waals surface area contributed by atoms with E-state index < -0.39 is 0 Å². The van der Waals surface area contributed by atoms with Gasteiger partial charge < -0.3 is 5.73 Å². The van der Waals surface area contributed by atoms with Crippen LogP contribution in [0.25, 0.3) is 0 Å². The first kappa shape index (κ1) is 11.5. The summed E-state index contributed by atoms with van der Waals surface area (Å²) in [7, 11) is 0. The van der Waals surface area contributed by atoms with E-state index in [9.17, 15) is 0 Å². The Morgan fingerprint density at radius 1 is 1.67 bits per heavy atom. The van der Waals surface area contributed by atoms with Gasteiger partial charge in [-0.2, -0.15) is 23.1 Å². The second-order valence-corrected chi connectivity index (χ2v) is 6.31. The Balaban J connectivity index is 2.06. The van der Waals surface area contributed by atoms with E-state index in [-0.39, 0.29) is 0 Å². The third-order valence-corrected chi connectivity index (χ3v) is 4.70. The first-order valence-electron chi connectivity index (χ1n) is 5.39. The number of thioether (sulfide) groups is 1. The van der Waals surface area contributed by atoms with Gasteiger partial charge >= 0.3 is 0 Å². The van der Waals surface area contributed by atoms with Crippen molar-refractivity contribution in [3.05, 3.63) is 22.4 Å². The zero-order chi connectivity index (χ0) is 10.7. The van der Waals surface area contributed by atoms with Crippen LogP contribution in [-0.4, -0.2) is 35.5 Å². The molecule has 1 aliphatic heterocycles. The molecule has 0 aromatic carbocycles. The smallest absolute Gasteiger partial charge is 0.0479 e. The molecule has 15 heavy (non-hydrogen) atoms. The highest BCUT2D eigenvalue weighted by Gasteiger charge is 2.24. The normalized spacial score (nSPS) is 25.3. The van der Waals surface area contributed by atoms with Gasteiger partial charge in [0.15, 0.2) is 0 Å². The Morgan fingerprint density at radius 3 is 3.13 bits per heavy atom. The molecule has 0 bridgehead atoms. The number of hydrogen-bond acceptors (Lipinski definition) is 4. The lowest BCUT2D eigenvalue weighted by Gasteiger charge is -2.36. The molecule has 2 rings (SSSR count). The zero-order valence-corrected chi connectivity index (χ0v) is 10.7. The van der Waals surface area contributed by atoms with Crippen LogP contribution in [-0.2, 0) is 0 Å². The van der Waals surface area contributed by atoms with Crippen LogP contribution in [0.1, 0.15) is 18.5 Å². The molecule has 2 atom stereocenters. The fraction of sp³-hybridized carbons (Fsp3) is 0.636. The minimum absolute atomic E-state index is 0.430. The molecule has 1 saturated heterocycles. The lowest BCUT2D eigenvalue weighted by molar-refractivity contribution is 0.211. The van der Waals surface area contributed by atoms with Crippen LogP contribution in [0.5, 0.6) is 0 Å². The molecule has 0 radical (unpaired) electrons. The number of nitrogens with two attached hydrogens (primary N) is 1. The Labute approximate surface area is 99.8 Å². The second kappa shape index (κ2) is 5.34. The predicted octanol–water partition coefficient (Wildman–Crippen LogP) is 2.19. The van der Waals surface area contributed by atoms with Gasteiger partial charge in [-0.05, 0) is 22.4 Å². The highest BCUT2D eigenvalue weighted by molar-refractivity contribution is 7.99. The lowest BCUT2D eigenvalue weighted by atomic mass is 10.1. The fourth-order valence-corrected chi connectivity index (χ4v) is 3.84. The van der Waals surface area contributed by atoms with Crippen LogP contribution < -0.4 is 5.73 Å². The van der Waals surface area contributed by atoms with E-state index in [4.69, 9.17) is 5.73 Å². The molecule has 0 spiro atoms. The molecule has 1 aromatic rings. The Bertz CT molecular complexity index is 287. The average molecular weight is 242 g/mol. The minimum Gasteiger partial charge on any atom is -0.329 e. The van der Waals surface area contributed by atoms with Crippen LogP contribution >= 0.6 is 23.1 Å². The maximum Gasteiger partial charge on any atom is 0.0479 e. The van der Waals surface area contributed by atoms with Crippen LogP contribution in [0.3, 0.4) is 0 Å². The summed E-state index contributed by atoms with van der Waals surface area (Å²) in [4.78, 5) is 2.53. The van der Waals surface area contributed by atoms with E-state index in [0.29, 0.717) is 6.04 Å². The summed E-state index contributed by atoms with van der Waals surface area (Å²) in [6.45, 7) is 5.38. The number of rotatable bonds is 3. The summed E-state index contributed by atoms with van der Waals surface area (Å²) in [6.07, 6.45) is 0. The molecule has 1 aliphatic rings. The molecule has 2 N–H and O–H groups in total. The highest BCUT2D eigenvalue weighted by atomic mass is 32.2. The molecule has 1 aromatic heterocycles. The molecule has 0 aliphatic carbocycles. The van der Waals surface area contributed by atoms with Gasteiger partial charge in [-0.25, -0.2) is 0 Å². The van der Waals surface area contributed by atoms with Gasteiger partial charge in [-0.3, -0.25) is 4.90 Å². The van der Waals surface area contributed by atoms with Crippen molar-refractivity contribution in [1.29, 1.82) is 0 Å². The Kier molecular flexibility index (Phi) is 4.08. The van der Waals surface area contributed by atoms with Gasteiger partial charge in [-0.1, -0.05) is 6.92 Å². The van der Waals surface area contributed by atoms with E-state index in [1.54, 1.807) is 11.3 Å². The summed E-state index contributed by atoms with van der Waals surface area (Å²) in [5.41, 5.74) is 7.29. The first-order valence-corrected chi connectivity index (χ1v) is 7.38. The average Bonchev–Trinajstić information content (AvgIpc) is 2.72. The number of thiophene rings is 1. The van der Waals surface area contributed by atoms with E-state index in [1.807, 2.05) is 0 Å². The van der Waals surface area contributed by atoms with E-state index in [2.05, 4.69) is 40.4 Å². The molecular formula is C11H18N2S2. The third kappa shape index (κ3) is 2.75. The van der Waals surface area contributed by atoms with Gasteiger partial charge in [-0.15, -0.1) is 0 Å². The number of hydrogen-bond donors (Lipinski definition) is 1. The standard InChI is InChI=1S/C11H18N2S2/c1-9-7-13(3-5-15-9)11(6-12)10-2-4-14-8-10/h2,4,8-9,11H,3,5-7,12H2,1H3. The topological polar surface area (TPSA) is 29.3 Å². The molecule has 0 amide bonds. The molecular weight excluding hydrogens is 224 g/mol. The molecule has 2 unspecified atom stereocenters. The van der Waals surface area contributed by atoms with E-state index in [0.717, 1.165) is 11.8 Å². The van der Waals surface area contributed by atoms with Crippen LogP contribution in [0.15, 0.2) is 16.8 Å². The predicted molar refractivity (Wildman–Crippen MR) is 69.6 cm³/mol.